The second-order valence-electron chi connectivity index (χ2n) is 7.76. The molecule has 1 unspecified atom stereocenters. The Kier molecular flexibility index (Phi) is 5.38. The van der Waals surface area contributed by atoms with Crippen molar-refractivity contribution < 1.29 is 23.4 Å². The highest BCUT2D eigenvalue weighted by Gasteiger charge is 2.39. The Hall–Kier alpha value is -4.00. The maximum Gasteiger partial charge on any atom is 0.415 e. The number of amides is 1. The molecular formula is C26H23FN2O4. The summed E-state index contributed by atoms with van der Waals surface area (Å²) in [6.45, 7) is 0.720. The average molecular weight is 446 g/mol. The Morgan fingerprint density at radius 3 is 2.39 bits per heavy atom. The quantitative estimate of drug-likeness (QED) is 0.539. The van der Waals surface area contributed by atoms with Crippen molar-refractivity contribution >= 4 is 17.9 Å². The van der Waals surface area contributed by atoms with Crippen LogP contribution < -0.4 is 14.4 Å². The summed E-state index contributed by atoms with van der Waals surface area (Å²) in [5.41, 5.74) is 3.52. The van der Waals surface area contributed by atoms with Crippen molar-refractivity contribution in [2.45, 2.75) is 6.04 Å². The molecule has 0 bridgehead atoms. The molecule has 2 heterocycles. The number of hydrogen-bond acceptors (Lipinski definition) is 5. The third kappa shape index (κ3) is 3.65. The van der Waals surface area contributed by atoms with Crippen LogP contribution in [0.5, 0.6) is 11.5 Å². The normalized spacial score (nSPS) is 17.4. The van der Waals surface area contributed by atoms with Crippen LogP contribution in [0.1, 0.15) is 22.7 Å². The van der Waals surface area contributed by atoms with Crippen LogP contribution in [0.25, 0.3) is 6.08 Å². The second kappa shape index (κ2) is 8.50. The predicted octanol–water partition coefficient (Wildman–Crippen LogP) is 5.20. The smallest absolute Gasteiger partial charge is 0.415 e. The largest absolute Gasteiger partial charge is 0.497 e. The molecule has 5 rings (SSSR count). The number of hydrogen-bond donors (Lipinski definition) is 0. The van der Waals surface area contributed by atoms with Crippen LogP contribution in [-0.4, -0.2) is 38.4 Å². The van der Waals surface area contributed by atoms with Gasteiger partial charge in [-0.05, 0) is 47.5 Å². The third-order valence-corrected chi connectivity index (χ3v) is 5.92. The summed E-state index contributed by atoms with van der Waals surface area (Å²) in [4.78, 5) is 16.3. The van der Waals surface area contributed by atoms with Gasteiger partial charge < -0.3 is 19.1 Å². The first-order valence-electron chi connectivity index (χ1n) is 10.6. The van der Waals surface area contributed by atoms with E-state index in [2.05, 4.69) is 0 Å². The minimum Gasteiger partial charge on any atom is -0.497 e. The molecule has 33 heavy (non-hydrogen) atoms. The van der Waals surface area contributed by atoms with Crippen molar-refractivity contribution in [3.8, 4) is 11.5 Å². The molecular weight excluding hydrogens is 423 g/mol. The van der Waals surface area contributed by atoms with E-state index in [-0.39, 0.29) is 11.9 Å². The van der Waals surface area contributed by atoms with E-state index < -0.39 is 6.09 Å². The fraction of sp³-hybridized carbons (Fsp3) is 0.192. The zero-order chi connectivity index (χ0) is 22.9. The van der Waals surface area contributed by atoms with Crippen LogP contribution in [0.2, 0.25) is 0 Å². The minimum atomic E-state index is -0.418. The number of rotatable bonds is 5. The molecule has 1 atom stereocenters. The number of cyclic esters (lactones) is 1. The van der Waals surface area contributed by atoms with E-state index in [0.717, 1.165) is 22.4 Å². The van der Waals surface area contributed by atoms with Crippen LogP contribution in [-0.2, 0) is 4.74 Å². The molecule has 0 aliphatic carbocycles. The van der Waals surface area contributed by atoms with Crippen LogP contribution in [0, 0.1) is 5.82 Å². The SMILES string of the molecule is COc1cc2c(c(OC)c1)C(c1ccccc1)N(c1ccc(F)cc1)C(N1CCOC1=O)=C2. The lowest BCUT2D eigenvalue weighted by atomic mass is 9.88. The molecule has 2 aliphatic rings. The van der Waals surface area contributed by atoms with E-state index in [1.54, 1.807) is 31.3 Å². The van der Waals surface area contributed by atoms with Crippen molar-refractivity contribution in [3.63, 3.8) is 0 Å². The maximum absolute atomic E-state index is 13.8. The Bertz CT molecular complexity index is 1210. The molecule has 0 radical (unpaired) electrons. The molecule has 3 aromatic rings. The molecule has 1 saturated heterocycles. The molecule has 1 fully saturated rings. The van der Waals surface area contributed by atoms with E-state index in [1.807, 2.05) is 53.4 Å². The molecule has 0 spiro atoms. The van der Waals surface area contributed by atoms with Gasteiger partial charge in [0.1, 0.15) is 29.7 Å². The summed E-state index contributed by atoms with van der Waals surface area (Å²) < 4.78 is 30.4. The van der Waals surface area contributed by atoms with E-state index >= 15 is 0 Å². The fourth-order valence-corrected chi connectivity index (χ4v) is 4.43. The van der Waals surface area contributed by atoms with Crippen LogP contribution in [0.3, 0.4) is 0 Å². The van der Waals surface area contributed by atoms with E-state index in [0.29, 0.717) is 30.5 Å². The van der Waals surface area contributed by atoms with Gasteiger partial charge in [-0.2, -0.15) is 0 Å². The molecule has 7 heteroatoms. The predicted molar refractivity (Wildman–Crippen MR) is 123 cm³/mol. The summed E-state index contributed by atoms with van der Waals surface area (Å²) in [6.07, 6.45) is 1.51. The Labute approximate surface area is 191 Å². The van der Waals surface area contributed by atoms with Gasteiger partial charge in [0.15, 0.2) is 0 Å². The highest BCUT2D eigenvalue weighted by atomic mass is 19.1. The van der Waals surface area contributed by atoms with E-state index in [9.17, 15) is 9.18 Å². The molecule has 2 aliphatic heterocycles. The van der Waals surface area contributed by atoms with Crippen molar-refractivity contribution in [2.24, 2.45) is 0 Å². The van der Waals surface area contributed by atoms with Gasteiger partial charge in [-0.15, -0.1) is 0 Å². The van der Waals surface area contributed by atoms with E-state index in [4.69, 9.17) is 14.2 Å². The number of benzene rings is 3. The topological polar surface area (TPSA) is 51.2 Å². The molecule has 6 nitrogen and oxygen atoms in total. The van der Waals surface area contributed by atoms with Gasteiger partial charge in [0.2, 0.25) is 0 Å². The van der Waals surface area contributed by atoms with Crippen LogP contribution >= 0.6 is 0 Å². The summed E-state index contributed by atoms with van der Waals surface area (Å²) in [7, 11) is 3.22. The maximum atomic E-state index is 13.8. The average Bonchev–Trinajstić information content (AvgIpc) is 3.28. The molecule has 0 aromatic heterocycles. The monoisotopic (exact) mass is 446 g/mol. The standard InChI is InChI=1S/C26H23FN2O4/c1-31-21-14-18-15-23(28-12-13-33-26(28)30)29(20-10-8-19(27)9-11-20)25(17-6-4-3-5-7-17)24(18)22(16-21)32-2/h3-11,14-16,25H,12-13H2,1-2H3. The first kappa shape index (κ1) is 20.9. The van der Waals surface area contributed by atoms with Crippen molar-refractivity contribution in [3.05, 3.63) is 95.1 Å². The molecule has 0 saturated carbocycles. The summed E-state index contributed by atoms with van der Waals surface area (Å²) in [6, 6.07) is 19.6. The van der Waals surface area contributed by atoms with Gasteiger partial charge in [0, 0.05) is 17.3 Å². The van der Waals surface area contributed by atoms with Crippen molar-refractivity contribution in [1.29, 1.82) is 0 Å². The molecule has 1 amide bonds. The second-order valence-corrected chi connectivity index (χ2v) is 7.76. The molecule has 3 aromatic carbocycles. The zero-order valence-corrected chi connectivity index (χ0v) is 18.3. The number of carbonyl (C=O) groups excluding carboxylic acids is 1. The Morgan fingerprint density at radius 2 is 1.76 bits per heavy atom. The third-order valence-electron chi connectivity index (χ3n) is 5.92. The zero-order valence-electron chi connectivity index (χ0n) is 18.3. The Balaban J connectivity index is 1.81. The summed E-state index contributed by atoms with van der Waals surface area (Å²) in [5, 5.41) is 0. The van der Waals surface area contributed by atoms with Crippen molar-refractivity contribution in [1.82, 2.24) is 4.90 Å². The molecule has 168 valence electrons. The van der Waals surface area contributed by atoms with Gasteiger partial charge in [0.25, 0.3) is 0 Å². The highest BCUT2D eigenvalue weighted by Crippen LogP contribution is 2.48. The van der Waals surface area contributed by atoms with Crippen LogP contribution in [0.15, 0.2) is 72.6 Å². The van der Waals surface area contributed by atoms with Crippen LogP contribution in [0.4, 0.5) is 14.9 Å². The Morgan fingerprint density at radius 1 is 1.00 bits per heavy atom. The number of anilines is 1. The lowest BCUT2D eigenvalue weighted by molar-refractivity contribution is 0.163. The van der Waals surface area contributed by atoms with Gasteiger partial charge in [-0.3, -0.25) is 4.90 Å². The highest BCUT2D eigenvalue weighted by molar-refractivity contribution is 5.81. The first-order valence-corrected chi connectivity index (χ1v) is 10.6. The summed E-state index contributed by atoms with van der Waals surface area (Å²) >= 11 is 0. The van der Waals surface area contributed by atoms with Gasteiger partial charge in [0.05, 0.1) is 26.8 Å². The lowest BCUT2D eigenvalue weighted by Gasteiger charge is -2.42. The first-order chi connectivity index (χ1) is 16.1. The lowest BCUT2D eigenvalue weighted by Crippen LogP contribution is -2.41. The number of methoxy groups -OCH3 is 2. The molecule has 0 N–H and O–H groups in total. The minimum absolute atomic E-state index is 0.303. The van der Waals surface area contributed by atoms with Gasteiger partial charge in [-0.1, -0.05) is 30.3 Å². The number of nitrogens with zero attached hydrogens (tertiary/aromatic N) is 2. The summed E-state index contributed by atoms with van der Waals surface area (Å²) in [5.74, 6) is 1.61. The number of carbonyl (C=O) groups is 1. The van der Waals surface area contributed by atoms with Gasteiger partial charge >= 0.3 is 6.09 Å². The van der Waals surface area contributed by atoms with E-state index in [1.165, 1.54) is 12.1 Å². The number of ether oxygens (including phenoxy) is 3. The number of halogens is 1. The fourth-order valence-electron chi connectivity index (χ4n) is 4.43. The number of fused-ring (bicyclic) bond motifs is 1. The van der Waals surface area contributed by atoms with Gasteiger partial charge in [-0.25, -0.2) is 9.18 Å². The van der Waals surface area contributed by atoms with Crippen molar-refractivity contribution in [2.75, 3.05) is 32.3 Å².